The Bertz CT molecular complexity index is 300. The van der Waals surface area contributed by atoms with E-state index in [1.807, 2.05) is 20.8 Å². The van der Waals surface area contributed by atoms with Crippen molar-refractivity contribution >= 4 is 5.57 Å². The quantitative estimate of drug-likeness (QED) is 0.608. The molecule has 89 valence electrons. The van der Waals surface area contributed by atoms with E-state index in [4.69, 9.17) is 0 Å². The van der Waals surface area contributed by atoms with Crippen molar-refractivity contribution in [1.82, 2.24) is 0 Å². The molecule has 0 atom stereocenters. The summed E-state index contributed by atoms with van der Waals surface area (Å²) >= 11 is 0. The monoisotopic (exact) mass is 255 g/mol. The van der Waals surface area contributed by atoms with Crippen LogP contribution in [0.25, 0.3) is 5.57 Å². The zero-order chi connectivity index (χ0) is 12.4. The van der Waals surface area contributed by atoms with Crippen molar-refractivity contribution in [3.63, 3.8) is 0 Å². The molecule has 0 aliphatic rings. The van der Waals surface area contributed by atoms with Gasteiger partial charge in [-0.1, -0.05) is 49.8 Å². The van der Waals surface area contributed by atoms with Crippen LogP contribution in [0.15, 0.2) is 37.9 Å². The van der Waals surface area contributed by atoms with Gasteiger partial charge in [0.25, 0.3) is 0 Å². The number of benzene rings is 1. The Morgan fingerprint density at radius 1 is 1.06 bits per heavy atom. The molecular weight excluding hydrogens is 231 g/mol. The third kappa shape index (κ3) is 7.56. The predicted octanol–water partition coefficient (Wildman–Crippen LogP) is 5.16. The van der Waals surface area contributed by atoms with Crippen LogP contribution in [0.1, 0.15) is 37.5 Å². The van der Waals surface area contributed by atoms with Gasteiger partial charge in [-0.3, -0.25) is 0 Å². The van der Waals surface area contributed by atoms with E-state index in [1.54, 1.807) is 0 Å². The zero-order valence-corrected chi connectivity index (χ0v) is 12.7. The third-order valence-corrected chi connectivity index (χ3v) is 1.84. The Balaban J connectivity index is -0.000000305. The van der Waals surface area contributed by atoms with Crippen LogP contribution in [0.4, 0.5) is 0 Å². The summed E-state index contributed by atoms with van der Waals surface area (Å²) in [6.45, 7) is 20.2. The molecule has 0 unspecified atom stereocenters. The first-order valence-corrected chi connectivity index (χ1v) is 5.34. The van der Waals surface area contributed by atoms with E-state index < -0.39 is 0 Å². The van der Waals surface area contributed by atoms with E-state index in [9.17, 15) is 0 Å². The van der Waals surface area contributed by atoms with Gasteiger partial charge in [0.05, 0.1) is 0 Å². The summed E-state index contributed by atoms with van der Waals surface area (Å²) in [6.07, 6.45) is 0. The molecule has 1 aromatic carbocycles. The van der Waals surface area contributed by atoms with Gasteiger partial charge in [-0.25, -0.2) is 0 Å². The van der Waals surface area contributed by atoms with Crippen molar-refractivity contribution in [3.05, 3.63) is 54.6 Å². The van der Waals surface area contributed by atoms with Crippen LogP contribution in [0, 0.1) is 13.8 Å². The summed E-state index contributed by atoms with van der Waals surface area (Å²) < 4.78 is 0. The van der Waals surface area contributed by atoms with Gasteiger partial charge in [-0.15, -0.1) is 13.2 Å². The summed E-state index contributed by atoms with van der Waals surface area (Å²) in [5, 5.41) is 0. The molecule has 0 saturated carbocycles. The summed E-state index contributed by atoms with van der Waals surface area (Å²) in [7, 11) is 0. The van der Waals surface area contributed by atoms with E-state index in [1.165, 1.54) is 16.7 Å². The molecule has 1 rings (SSSR count). The Morgan fingerprint density at radius 2 is 1.50 bits per heavy atom. The molecule has 16 heavy (non-hydrogen) atoms. The number of hydrogen-bond acceptors (Lipinski definition) is 0. The Labute approximate surface area is 113 Å². The third-order valence-electron chi connectivity index (χ3n) is 1.84. The Morgan fingerprint density at radius 3 is 1.81 bits per heavy atom. The van der Waals surface area contributed by atoms with Crippen molar-refractivity contribution < 1.29 is 18.6 Å². The molecule has 0 nitrogen and oxygen atoms in total. The minimum atomic E-state index is 0. The first-order valence-electron chi connectivity index (χ1n) is 5.34. The first kappa shape index (κ1) is 20.7. The molecular formula is C15H24V. The molecule has 0 aliphatic heterocycles. The second kappa shape index (κ2) is 12.4. The molecule has 0 bridgehead atoms. The van der Waals surface area contributed by atoms with Gasteiger partial charge in [0, 0.05) is 18.6 Å². The number of aryl methyl sites for hydroxylation is 2. The van der Waals surface area contributed by atoms with Crippen LogP contribution in [0.2, 0.25) is 0 Å². The maximum absolute atomic E-state index is 3.92. The van der Waals surface area contributed by atoms with Gasteiger partial charge in [-0.05, 0) is 31.9 Å². The molecule has 0 aromatic heterocycles. The summed E-state index contributed by atoms with van der Waals surface area (Å²) in [6, 6.07) is 6.44. The van der Waals surface area contributed by atoms with Crippen LogP contribution in [-0.4, -0.2) is 0 Å². The van der Waals surface area contributed by atoms with E-state index in [0.29, 0.717) is 0 Å². The Kier molecular flexibility index (Phi) is 16.0. The molecule has 0 N–H and O–H groups in total. The fourth-order valence-corrected chi connectivity index (χ4v) is 1.29. The van der Waals surface area contributed by atoms with Gasteiger partial charge < -0.3 is 0 Å². The Hall–Kier alpha value is -0.716. The van der Waals surface area contributed by atoms with Crippen LogP contribution < -0.4 is 0 Å². The van der Waals surface area contributed by atoms with Crippen molar-refractivity contribution in [2.45, 2.75) is 34.6 Å². The summed E-state index contributed by atoms with van der Waals surface area (Å²) in [5.74, 6) is 0. The van der Waals surface area contributed by atoms with Gasteiger partial charge in [0.1, 0.15) is 0 Å². The molecule has 0 amide bonds. The first-order chi connectivity index (χ1) is 7.11. The molecule has 0 fully saturated rings. The molecule has 0 aliphatic carbocycles. The van der Waals surface area contributed by atoms with Crippen molar-refractivity contribution in [2.75, 3.05) is 0 Å². The second-order valence-electron chi connectivity index (χ2n) is 3.10. The van der Waals surface area contributed by atoms with Crippen molar-refractivity contribution in [2.24, 2.45) is 0 Å². The predicted molar refractivity (Wildman–Crippen MR) is 73.2 cm³/mol. The van der Waals surface area contributed by atoms with Gasteiger partial charge in [-0.2, -0.15) is 0 Å². The van der Waals surface area contributed by atoms with E-state index in [2.05, 4.69) is 51.8 Å². The van der Waals surface area contributed by atoms with Crippen LogP contribution >= 0.6 is 0 Å². The van der Waals surface area contributed by atoms with Crippen LogP contribution in [-0.2, 0) is 18.6 Å². The normalized spacial score (nSPS) is 7.31. The maximum Gasteiger partial charge on any atom is 0 e. The minimum Gasteiger partial charge on any atom is -0.106 e. The topological polar surface area (TPSA) is 0 Å². The number of hydrogen-bond donors (Lipinski definition) is 0. The number of rotatable bonds is 1. The van der Waals surface area contributed by atoms with Crippen LogP contribution in [0.5, 0.6) is 0 Å². The van der Waals surface area contributed by atoms with Crippen LogP contribution in [0.3, 0.4) is 0 Å². The minimum absolute atomic E-state index is 0. The molecule has 0 spiro atoms. The number of allylic oxidation sites excluding steroid dienone is 1. The maximum atomic E-state index is 3.92. The van der Waals surface area contributed by atoms with Crippen molar-refractivity contribution in [3.8, 4) is 0 Å². The van der Waals surface area contributed by atoms with E-state index >= 15 is 0 Å². The zero-order valence-electron chi connectivity index (χ0n) is 11.3. The molecule has 0 saturated heterocycles. The van der Waals surface area contributed by atoms with Gasteiger partial charge in [0.2, 0.25) is 0 Å². The second-order valence-corrected chi connectivity index (χ2v) is 3.10. The average Bonchev–Trinajstić information content (AvgIpc) is 2.23. The fourth-order valence-electron chi connectivity index (χ4n) is 1.29. The fraction of sp³-hybridized carbons (Fsp3) is 0.333. The van der Waals surface area contributed by atoms with Gasteiger partial charge >= 0.3 is 0 Å². The SMILES string of the molecule is C=C.C=C(C)c1ccc(C)cc1C.CC.[V]. The van der Waals surface area contributed by atoms with E-state index in [0.717, 1.165) is 5.57 Å². The molecule has 1 radical (unpaired) electrons. The molecule has 1 aromatic rings. The molecule has 0 heterocycles. The smallest absolute Gasteiger partial charge is 0 e. The summed E-state index contributed by atoms with van der Waals surface area (Å²) in [5.41, 5.74) is 5.04. The summed E-state index contributed by atoms with van der Waals surface area (Å²) in [4.78, 5) is 0. The van der Waals surface area contributed by atoms with E-state index in [-0.39, 0.29) is 18.6 Å². The van der Waals surface area contributed by atoms with Gasteiger partial charge in [0.15, 0.2) is 0 Å². The molecule has 1 heteroatoms. The largest absolute Gasteiger partial charge is 0.106 e. The standard InChI is InChI=1S/C11H14.C2H6.C2H4.V/c1-8(2)11-6-5-9(3)7-10(11)4;2*1-2;/h5-7H,1H2,2-4H3;1-2H3;1-2H2;. The van der Waals surface area contributed by atoms with Crippen molar-refractivity contribution in [1.29, 1.82) is 0 Å². The average molecular weight is 255 g/mol.